The van der Waals surface area contributed by atoms with E-state index in [-0.39, 0.29) is 22.0 Å². The highest BCUT2D eigenvalue weighted by molar-refractivity contribution is 7.90. The second kappa shape index (κ2) is 9.89. The van der Waals surface area contributed by atoms with Crippen molar-refractivity contribution < 1.29 is 17.9 Å². The van der Waals surface area contributed by atoms with Crippen molar-refractivity contribution in [3.63, 3.8) is 0 Å². The molecule has 8 nitrogen and oxygen atoms in total. The van der Waals surface area contributed by atoms with Crippen LogP contribution in [-0.4, -0.2) is 36.4 Å². The van der Waals surface area contributed by atoms with Crippen molar-refractivity contribution in [3.8, 4) is 11.6 Å². The SMILES string of the molecule is CC(C)c1cccc(Oc2cccc(S(=O)(=O)NC(=O)c3cccnc3N3CCC(C)C3(C)C)n2)c1. The summed E-state index contributed by atoms with van der Waals surface area (Å²) in [6.45, 7) is 11.2. The summed E-state index contributed by atoms with van der Waals surface area (Å²) in [5.41, 5.74) is 1.06. The zero-order valence-electron chi connectivity index (χ0n) is 21.2. The molecule has 36 heavy (non-hydrogen) atoms. The molecule has 1 atom stereocenters. The van der Waals surface area contributed by atoms with Crippen LogP contribution in [0, 0.1) is 5.92 Å². The van der Waals surface area contributed by atoms with Crippen molar-refractivity contribution in [3.05, 3.63) is 71.9 Å². The zero-order chi connectivity index (χ0) is 26.1. The van der Waals surface area contributed by atoms with E-state index >= 15 is 0 Å². The van der Waals surface area contributed by atoms with Gasteiger partial charge in [-0.05, 0) is 68.0 Å². The first kappa shape index (κ1) is 25.6. The molecule has 3 aromatic rings. The first-order valence-electron chi connectivity index (χ1n) is 12.0. The van der Waals surface area contributed by atoms with Crippen molar-refractivity contribution in [2.45, 2.75) is 57.5 Å². The van der Waals surface area contributed by atoms with Gasteiger partial charge < -0.3 is 9.64 Å². The number of hydrogen-bond acceptors (Lipinski definition) is 7. The molecule has 190 valence electrons. The van der Waals surface area contributed by atoms with Crippen LogP contribution in [0.15, 0.2) is 65.8 Å². The summed E-state index contributed by atoms with van der Waals surface area (Å²) in [4.78, 5) is 23.8. The molecular weight excluding hydrogens is 476 g/mol. The van der Waals surface area contributed by atoms with Gasteiger partial charge in [-0.2, -0.15) is 13.4 Å². The molecule has 1 unspecified atom stereocenters. The largest absolute Gasteiger partial charge is 0.439 e. The number of benzene rings is 1. The molecule has 0 spiro atoms. The van der Waals surface area contributed by atoms with E-state index in [2.05, 4.69) is 54.2 Å². The highest BCUT2D eigenvalue weighted by Crippen LogP contribution is 2.38. The van der Waals surface area contributed by atoms with Crippen LogP contribution in [0.25, 0.3) is 0 Å². The molecular formula is C27H32N4O4S. The van der Waals surface area contributed by atoms with E-state index in [0.717, 1.165) is 18.5 Å². The summed E-state index contributed by atoms with van der Waals surface area (Å²) >= 11 is 0. The number of carbonyl (C=O) groups is 1. The highest BCUT2D eigenvalue weighted by Gasteiger charge is 2.40. The predicted octanol–water partition coefficient (Wildman–Crippen LogP) is 5.14. The summed E-state index contributed by atoms with van der Waals surface area (Å²) in [5, 5.41) is -0.311. The van der Waals surface area contributed by atoms with Gasteiger partial charge in [0.15, 0.2) is 5.03 Å². The number of hydrogen-bond donors (Lipinski definition) is 1. The van der Waals surface area contributed by atoms with Crippen LogP contribution in [0.2, 0.25) is 0 Å². The fourth-order valence-corrected chi connectivity index (χ4v) is 5.21. The smallest absolute Gasteiger partial charge is 0.281 e. The fourth-order valence-electron chi connectivity index (χ4n) is 4.29. The third kappa shape index (κ3) is 5.21. The topological polar surface area (TPSA) is 101 Å². The lowest BCUT2D eigenvalue weighted by Gasteiger charge is -2.36. The monoisotopic (exact) mass is 508 g/mol. The van der Waals surface area contributed by atoms with Gasteiger partial charge in [0, 0.05) is 24.3 Å². The Kier molecular flexibility index (Phi) is 7.04. The third-order valence-electron chi connectivity index (χ3n) is 6.92. The molecule has 1 aliphatic heterocycles. The van der Waals surface area contributed by atoms with Gasteiger partial charge in [0.2, 0.25) is 5.88 Å². The Labute approximate surface area is 212 Å². The number of rotatable bonds is 7. The van der Waals surface area contributed by atoms with E-state index in [1.807, 2.05) is 18.2 Å². The Morgan fingerprint density at radius 1 is 1.14 bits per heavy atom. The molecule has 0 aliphatic carbocycles. The second-order valence-electron chi connectivity index (χ2n) is 9.95. The molecule has 9 heteroatoms. The average molecular weight is 509 g/mol. The predicted molar refractivity (Wildman–Crippen MR) is 139 cm³/mol. The molecule has 1 aromatic carbocycles. The molecule has 1 fully saturated rings. The minimum Gasteiger partial charge on any atom is -0.439 e. The van der Waals surface area contributed by atoms with Gasteiger partial charge in [0.05, 0.1) is 5.56 Å². The Bertz CT molecular complexity index is 1370. The van der Waals surface area contributed by atoms with Gasteiger partial charge in [-0.1, -0.05) is 39.0 Å². The Hall–Kier alpha value is -3.46. The van der Waals surface area contributed by atoms with Gasteiger partial charge in [-0.15, -0.1) is 0 Å². The number of pyridine rings is 2. The van der Waals surface area contributed by atoms with Crippen molar-refractivity contribution in [1.82, 2.24) is 14.7 Å². The van der Waals surface area contributed by atoms with Crippen LogP contribution in [-0.2, 0) is 10.0 Å². The molecule has 1 saturated heterocycles. The molecule has 0 saturated carbocycles. The van der Waals surface area contributed by atoms with Crippen molar-refractivity contribution in [1.29, 1.82) is 0 Å². The van der Waals surface area contributed by atoms with Gasteiger partial charge >= 0.3 is 0 Å². The lowest BCUT2D eigenvalue weighted by molar-refractivity contribution is 0.0981. The molecule has 1 amide bonds. The molecule has 3 heterocycles. The van der Waals surface area contributed by atoms with Crippen molar-refractivity contribution in [2.24, 2.45) is 5.92 Å². The summed E-state index contributed by atoms with van der Waals surface area (Å²) in [7, 11) is -4.26. The highest BCUT2D eigenvalue weighted by atomic mass is 32.2. The number of anilines is 1. The standard InChI is InChI=1S/C27H32N4O4S/c1-18(2)20-9-6-10-21(17-20)35-23-12-7-13-24(29-23)36(33,34)30-26(32)22-11-8-15-28-25(22)31-16-14-19(3)27(31,4)5/h6-13,15,17-19H,14,16H2,1-5H3,(H,30,32). The number of nitrogens with one attached hydrogen (secondary N) is 1. The average Bonchev–Trinajstić information content (AvgIpc) is 3.11. The third-order valence-corrected chi connectivity index (χ3v) is 8.15. The van der Waals surface area contributed by atoms with Crippen molar-refractivity contribution >= 4 is 21.7 Å². The summed E-state index contributed by atoms with van der Waals surface area (Å²) in [6.07, 6.45) is 2.57. The van der Waals surface area contributed by atoms with Crippen LogP contribution < -0.4 is 14.4 Å². The number of sulfonamides is 1. The van der Waals surface area contributed by atoms with E-state index < -0.39 is 15.9 Å². The molecule has 4 rings (SSSR count). The fraction of sp³-hybridized carbons (Fsp3) is 0.370. The van der Waals surface area contributed by atoms with E-state index in [9.17, 15) is 13.2 Å². The van der Waals surface area contributed by atoms with Crippen LogP contribution >= 0.6 is 0 Å². The molecule has 2 aromatic heterocycles. The minimum absolute atomic E-state index is 0.112. The van der Waals surface area contributed by atoms with E-state index in [1.165, 1.54) is 12.1 Å². The number of carbonyl (C=O) groups excluding carboxylic acids is 1. The zero-order valence-corrected chi connectivity index (χ0v) is 22.0. The lowest BCUT2D eigenvalue weighted by Crippen LogP contribution is -2.43. The molecule has 0 bridgehead atoms. The van der Waals surface area contributed by atoms with Crippen LogP contribution in [0.5, 0.6) is 11.6 Å². The van der Waals surface area contributed by atoms with Crippen LogP contribution in [0.1, 0.15) is 62.9 Å². The first-order chi connectivity index (χ1) is 17.0. The Morgan fingerprint density at radius 2 is 1.89 bits per heavy atom. The maximum atomic E-state index is 13.2. The van der Waals surface area contributed by atoms with E-state index in [0.29, 0.717) is 23.4 Å². The van der Waals surface area contributed by atoms with Gasteiger partial charge in [-0.3, -0.25) is 4.79 Å². The molecule has 1 N–H and O–H groups in total. The number of ether oxygens (including phenoxy) is 1. The lowest BCUT2D eigenvalue weighted by atomic mass is 9.90. The summed E-state index contributed by atoms with van der Waals surface area (Å²) in [6, 6.07) is 15.2. The van der Waals surface area contributed by atoms with Gasteiger partial charge in [0.1, 0.15) is 11.6 Å². The first-order valence-corrected chi connectivity index (χ1v) is 13.5. The quantitative estimate of drug-likeness (QED) is 0.472. The minimum atomic E-state index is -4.26. The second-order valence-corrected chi connectivity index (χ2v) is 11.6. The Balaban J connectivity index is 1.56. The van der Waals surface area contributed by atoms with Gasteiger partial charge in [-0.25, -0.2) is 9.71 Å². The number of nitrogens with zero attached hydrogens (tertiary/aromatic N) is 3. The summed E-state index contributed by atoms with van der Waals surface area (Å²) < 4.78 is 34.1. The van der Waals surface area contributed by atoms with E-state index in [1.54, 1.807) is 30.5 Å². The van der Waals surface area contributed by atoms with Gasteiger partial charge in [0.25, 0.3) is 15.9 Å². The van der Waals surface area contributed by atoms with E-state index in [4.69, 9.17) is 4.74 Å². The maximum absolute atomic E-state index is 13.2. The molecule has 1 aliphatic rings. The normalized spacial score (nSPS) is 17.3. The summed E-state index contributed by atoms with van der Waals surface area (Å²) in [5.74, 6) is 1.08. The number of aromatic nitrogens is 2. The van der Waals surface area contributed by atoms with Crippen molar-refractivity contribution in [2.75, 3.05) is 11.4 Å². The Morgan fingerprint density at radius 3 is 2.58 bits per heavy atom. The van der Waals surface area contributed by atoms with Crippen LogP contribution in [0.4, 0.5) is 5.82 Å². The molecule has 0 radical (unpaired) electrons. The van der Waals surface area contributed by atoms with Crippen LogP contribution in [0.3, 0.4) is 0 Å². The number of amides is 1. The maximum Gasteiger partial charge on any atom is 0.281 e.